The van der Waals surface area contributed by atoms with Crippen LogP contribution in [0.25, 0.3) is 0 Å². The molecule has 0 aliphatic rings. The zero-order valence-electron chi connectivity index (χ0n) is 11.6. The Labute approximate surface area is 116 Å². The van der Waals surface area contributed by atoms with E-state index in [9.17, 15) is 18.0 Å². The minimum Gasteiger partial charge on any atom is -0.383 e. The fourth-order valence-corrected chi connectivity index (χ4v) is 2.29. The van der Waals surface area contributed by atoms with Crippen LogP contribution < -0.4 is 22.3 Å². The van der Waals surface area contributed by atoms with Crippen LogP contribution in [0.4, 0.5) is 11.5 Å². The van der Waals surface area contributed by atoms with Crippen molar-refractivity contribution in [1.29, 1.82) is 0 Å². The number of H-pyrrole nitrogens is 1. The molecule has 0 aliphatic carbocycles. The third-order valence-electron chi connectivity index (χ3n) is 2.77. The standard InChI is InChI=1S/C10H19N5O4S/c1-4-15-8(11)7(9(16)13-10(15)17)12-5-6-20(18,19)14(2)3/h12H,4-6,11H2,1-3H3,(H,13,16,17). The first-order chi connectivity index (χ1) is 9.20. The first-order valence-electron chi connectivity index (χ1n) is 5.97. The van der Waals surface area contributed by atoms with Gasteiger partial charge in [-0.2, -0.15) is 0 Å². The van der Waals surface area contributed by atoms with Crippen molar-refractivity contribution in [3.05, 3.63) is 20.8 Å². The number of aromatic amines is 1. The molecule has 0 amide bonds. The minimum absolute atomic E-state index is 0.000376. The summed E-state index contributed by atoms with van der Waals surface area (Å²) < 4.78 is 25.4. The average molecular weight is 305 g/mol. The van der Waals surface area contributed by atoms with Gasteiger partial charge < -0.3 is 11.1 Å². The van der Waals surface area contributed by atoms with Crippen LogP contribution in [0, 0.1) is 0 Å². The zero-order valence-corrected chi connectivity index (χ0v) is 12.5. The van der Waals surface area contributed by atoms with Crippen LogP contribution in [-0.2, 0) is 16.6 Å². The van der Waals surface area contributed by atoms with E-state index in [0.29, 0.717) is 6.54 Å². The number of anilines is 2. The Bertz CT molecular complexity index is 689. The predicted octanol–water partition coefficient (Wildman–Crippen LogP) is -1.56. The van der Waals surface area contributed by atoms with Gasteiger partial charge in [-0.15, -0.1) is 0 Å². The lowest BCUT2D eigenvalue weighted by molar-refractivity contribution is 0.521. The maximum absolute atomic E-state index is 11.6. The molecule has 10 heteroatoms. The second-order valence-electron chi connectivity index (χ2n) is 4.29. The molecule has 1 heterocycles. The maximum Gasteiger partial charge on any atom is 0.330 e. The van der Waals surface area contributed by atoms with Gasteiger partial charge in [0.2, 0.25) is 10.0 Å². The van der Waals surface area contributed by atoms with E-state index in [-0.39, 0.29) is 23.8 Å². The van der Waals surface area contributed by atoms with Crippen LogP contribution in [0.15, 0.2) is 9.59 Å². The molecule has 0 radical (unpaired) electrons. The van der Waals surface area contributed by atoms with Crippen molar-refractivity contribution in [3.63, 3.8) is 0 Å². The van der Waals surface area contributed by atoms with Gasteiger partial charge >= 0.3 is 5.69 Å². The van der Waals surface area contributed by atoms with E-state index in [1.807, 2.05) is 0 Å². The quantitative estimate of drug-likeness (QED) is 0.583. The van der Waals surface area contributed by atoms with Crippen LogP contribution in [-0.4, -0.2) is 48.7 Å². The molecule has 1 aromatic rings. The number of nitrogens with two attached hydrogens (primary N) is 1. The number of nitrogens with one attached hydrogen (secondary N) is 2. The normalized spacial score (nSPS) is 11.8. The van der Waals surface area contributed by atoms with Gasteiger partial charge in [0.25, 0.3) is 5.56 Å². The van der Waals surface area contributed by atoms with Crippen LogP contribution in [0.5, 0.6) is 0 Å². The van der Waals surface area contributed by atoms with Crippen molar-refractivity contribution in [2.45, 2.75) is 13.5 Å². The van der Waals surface area contributed by atoms with Gasteiger partial charge in [0.05, 0.1) is 5.75 Å². The van der Waals surface area contributed by atoms with Crippen molar-refractivity contribution in [1.82, 2.24) is 13.9 Å². The number of hydrogen-bond donors (Lipinski definition) is 3. The van der Waals surface area contributed by atoms with Crippen molar-refractivity contribution in [3.8, 4) is 0 Å². The number of sulfonamides is 1. The molecular weight excluding hydrogens is 286 g/mol. The molecule has 0 saturated carbocycles. The Morgan fingerprint density at radius 2 is 1.95 bits per heavy atom. The largest absolute Gasteiger partial charge is 0.383 e. The number of nitrogens with zero attached hydrogens (tertiary/aromatic N) is 2. The first kappa shape index (κ1) is 16.2. The lowest BCUT2D eigenvalue weighted by Crippen LogP contribution is -2.35. The smallest absolute Gasteiger partial charge is 0.330 e. The monoisotopic (exact) mass is 305 g/mol. The highest BCUT2D eigenvalue weighted by Gasteiger charge is 2.15. The molecular formula is C10H19N5O4S. The first-order valence-corrected chi connectivity index (χ1v) is 7.58. The molecule has 0 bridgehead atoms. The van der Waals surface area contributed by atoms with Crippen LogP contribution in [0.2, 0.25) is 0 Å². The summed E-state index contributed by atoms with van der Waals surface area (Å²) in [5.74, 6) is -0.201. The van der Waals surface area contributed by atoms with E-state index < -0.39 is 21.3 Å². The van der Waals surface area contributed by atoms with E-state index in [1.54, 1.807) is 6.92 Å². The highest BCUT2D eigenvalue weighted by Crippen LogP contribution is 2.09. The topological polar surface area (TPSA) is 130 Å². The van der Waals surface area contributed by atoms with E-state index in [1.165, 1.54) is 18.7 Å². The minimum atomic E-state index is -3.37. The summed E-state index contributed by atoms with van der Waals surface area (Å²) in [7, 11) is -0.520. The van der Waals surface area contributed by atoms with Gasteiger partial charge in [-0.05, 0) is 6.92 Å². The van der Waals surface area contributed by atoms with Gasteiger partial charge in [0.15, 0.2) is 0 Å². The van der Waals surface area contributed by atoms with Crippen LogP contribution >= 0.6 is 0 Å². The number of nitrogen functional groups attached to an aromatic ring is 1. The molecule has 0 aliphatic heterocycles. The average Bonchev–Trinajstić information content (AvgIpc) is 2.33. The zero-order chi connectivity index (χ0) is 15.5. The molecule has 1 aromatic heterocycles. The van der Waals surface area contributed by atoms with E-state index >= 15 is 0 Å². The van der Waals surface area contributed by atoms with E-state index in [4.69, 9.17) is 5.73 Å². The van der Waals surface area contributed by atoms with Crippen molar-refractivity contribution >= 4 is 21.5 Å². The molecule has 0 fully saturated rings. The Kier molecular flexibility index (Phi) is 4.95. The Balaban J connectivity index is 2.95. The molecule has 0 spiro atoms. The van der Waals surface area contributed by atoms with Gasteiger partial charge in [-0.3, -0.25) is 14.3 Å². The van der Waals surface area contributed by atoms with Crippen molar-refractivity contribution in [2.75, 3.05) is 37.4 Å². The number of aromatic nitrogens is 2. The highest BCUT2D eigenvalue weighted by atomic mass is 32.2. The predicted molar refractivity (Wildman–Crippen MR) is 77.4 cm³/mol. The SMILES string of the molecule is CCn1c(N)c(NCCS(=O)(=O)N(C)C)c(=O)[nH]c1=O. The summed E-state index contributed by atoms with van der Waals surface area (Å²) in [6.45, 7) is 2.01. The van der Waals surface area contributed by atoms with Gasteiger partial charge in [0, 0.05) is 27.2 Å². The second-order valence-corrected chi connectivity index (χ2v) is 6.59. The molecule has 20 heavy (non-hydrogen) atoms. The Morgan fingerprint density at radius 1 is 1.35 bits per heavy atom. The number of hydrogen-bond acceptors (Lipinski definition) is 6. The summed E-state index contributed by atoms with van der Waals surface area (Å²) in [6, 6.07) is 0. The summed E-state index contributed by atoms with van der Waals surface area (Å²) >= 11 is 0. The van der Waals surface area contributed by atoms with Gasteiger partial charge in [0.1, 0.15) is 11.5 Å². The summed E-state index contributed by atoms with van der Waals surface area (Å²) in [4.78, 5) is 25.2. The summed E-state index contributed by atoms with van der Waals surface area (Å²) in [5.41, 5.74) is 4.46. The van der Waals surface area contributed by atoms with E-state index in [2.05, 4.69) is 10.3 Å². The van der Waals surface area contributed by atoms with Gasteiger partial charge in [-0.25, -0.2) is 17.5 Å². The summed E-state index contributed by atoms with van der Waals surface area (Å²) in [6.07, 6.45) is 0. The molecule has 0 saturated heterocycles. The van der Waals surface area contributed by atoms with Crippen molar-refractivity contribution in [2.24, 2.45) is 0 Å². The molecule has 0 aromatic carbocycles. The number of rotatable bonds is 6. The molecule has 0 atom stereocenters. The van der Waals surface area contributed by atoms with Crippen LogP contribution in [0.1, 0.15) is 6.92 Å². The van der Waals surface area contributed by atoms with E-state index in [0.717, 1.165) is 4.31 Å². The third-order valence-corrected chi connectivity index (χ3v) is 4.61. The Hall–Kier alpha value is -1.81. The fourth-order valence-electron chi connectivity index (χ4n) is 1.56. The Morgan fingerprint density at radius 3 is 2.45 bits per heavy atom. The molecule has 1 rings (SSSR count). The highest BCUT2D eigenvalue weighted by molar-refractivity contribution is 7.89. The lowest BCUT2D eigenvalue weighted by atomic mass is 10.4. The summed E-state index contributed by atoms with van der Waals surface area (Å²) in [5, 5.41) is 2.66. The molecule has 0 unspecified atom stereocenters. The molecule has 4 N–H and O–H groups in total. The van der Waals surface area contributed by atoms with Crippen molar-refractivity contribution < 1.29 is 8.42 Å². The maximum atomic E-state index is 11.6. The second kappa shape index (κ2) is 6.09. The molecule has 9 nitrogen and oxygen atoms in total. The van der Waals surface area contributed by atoms with Gasteiger partial charge in [-0.1, -0.05) is 0 Å². The van der Waals surface area contributed by atoms with Crippen LogP contribution in [0.3, 0.4) is 0 Å². The fraction of sp³-hybridized carbons (Fsp3) is 0.600. The lowest BCUT2D eigenvalue weighted by Gasteiger charge is -2.14. The third kappa shape index (κ3) is 3.39. The molecule has 114 valence electrons.